The molecule has 0 aliphatic carbocycles. The molecule has 1 aliphatic heterocycles. The molecule has 180 valence electrons. The smallest absolute Gasteiger partial charge is 0.241 e. The van der Waals surface area contributed by atoms with Crippen LogP contribution in [-0.4, -0.2) is 44.9 Å². The summed E-state index contributed by atoms with van der Waals surface area (Å²) in [5, 5.41) is 19.0. The van der Waals surface area contributed by atoms with E-state index in [0.29, 0.717) is 28.7 Å². The van der Waals surface area contributed by atoms with Gasteiger partial charge in [0.2, 0.25) is 5.91 Å². The number of likely N-dealkylation sites (tertiary alicyclic amines) is 1. The first kappa shape index (κ1) is 24.7. The minimum atomic E-state index is -0.458. The van der Waals surface area contributed by atoms with E-state index < -0.39 is 6.04 Å². The summed E-state index contributed by atoms with van der Waals surface area (Å²) in [4.78, 5) is 15.5. The van der Waals surface area contributed by atoms with Crippen molar-refractivity contribution in [2.45, 2.75) is 50.7 Å². The van der Waals surface area contributed by atoms with Gasteiger partial charge in [-0.3, -0.25) is 14.4 Å². The Hall–Kier alpha value is -2.38. The molecular weight excluding hydrogens is 471 g/mol. The van der Waals surface area contributed by atoms with E-state index in [9.17, 15) is 9.90 Å². The molecule has 8 heteroatoms. The predicted molar refractivity (Wildman–Crippen MR) is 136 cm³/mol. The maximum absolute atomic E-state index is 13.5. The second kappa shape index (κ2) is 10.1. The van der Waals surface area contributed by atoms with Crippen molar-refractivity contribution in [1.82, 2.24) is 14.7 Å². The highest BCUT2D eigenvalue weighted by atomic mass is 35.5. The SMILES string of the molecule is CC(C)(C)n1ccc(C2C[C@@H](C(=O)Nc3cccc(Cl)c3)N(CCO)[C@H]2c2cccc(Cl)c2)n1. The van der Waals surface area contributed by atoms with Crippen LogP contribution in [0.1, 0.15) is 50.4 Å². The molecule has 2 heterocycles. The molecule has 2 N–H and O–H groups in total. The highest BCUT2D eigenvalue weighted by Gasteiger charge is 2.46. The van der Waals surface area contributed by atoms with E-state index in [1.807, 2.05) is 47.3 Å². The second-order valence-electron chi connectivity index (χ2n) is 9.67. The predicted octanol–water partition coefficient (Wildman–Crippen LogP) is 5.48. The zero-order valence-corrected chi connectivity index (χ0v) is 21.1. The van der Waals surface area contributed by atoms with Crippen molar-refractivity contribution < 1.29 is 9.90 Å². The summed E-state index contributed by atoms with van der Waals surface area (Å²) in [6, 6.07) is 16.2. The lowest BCUT2D eigenvalue weighted by Gasteiger charge is -2.31. The van der Waals surface area contributed by atoms with Gasteiger partial charge in [-0.1, -0.05) is 41.4 Å². The standard InChI is InChI=1S/C26H30Cl2N4O2/c1-26(2,3)32-11-10-22(30-32)21-16-23(25(34)29-20-9-5-8-19(28)15-20)31(12-13-33)24(21)17-6-4-7-18(27)14-17/h4-11,14-15,21,23-24,33H,12-13,16H2,1-3H3,(H,29,34)/t21?,23-,24-/m0/s1. The van der Waals surface area contributed by atoms with Crippen molar-refractivity contribution >= 4 is 34.8 Å². The molecule has 0 saturated carbocycles. The van der Waals surface area contributed by atoms with Crippen LogP contribution in [0, 0.1) is 0 Å². The molecule has 1 saturated heterocycles. The number of halogens is 2. The number of nitrogens with one attached hydrogen (secondary N) is 1. The molecule has 6 nitrogen and oxygen atoms in total. The molecule has 3 atom stereocenters. The van der Waals surface area contributed by atoms with Crippen LogP contribution >= 0.6 is 23.2 Å². The lowest BCUT2D eigenvalue weighted by atomic mass is 9.90. The fourth-order valence-electron chi connectivity index (χ4n) is 4.70. The van der Waals surface area contributed by atoms with Crippen LogP contribution in [0.2, 0.25) is 10.0 Å². The van der Waals surface area contributed by atoms with Gasteiger partial charge in [-0.05, 0) is 69.2 Å². The van der Waals surface area contributed by atoms with Crippen molar-refractivity contribution in [1.29, 1.82) is 0 Å². The Morgan fingerprint density at radius 1 is 1.12 bits per heavy atom. The Morgan fingerprint density at radius 3 is 2.44 bits per heavy atom. The molecule has 1 unspecified atom stereocenters. The first-order valence-electron chi connectivity index (χ1n) is 11.4. The molecule has 4 rings (SSSR count). The number of β-amino-alcohol motifs (C(OH)–C–C–N with tert-alkyl or cyclic N) is 1. The fourth-order valence-corrected chi connectivity index (χ4v) is 5.08. The minimum absolute atomic E-state index is 0.0521. The Bertz CT molecular complexity index is 1160. The van der Waals surface area contributed by atoms with Gasteiger partial charge in [0.15, 0.2) is 0 Å². The minimum Gasteiger partial charge on any atom is -0.395 e. The molecule has 1 fully saturated rings. The van der Waals surface area contributed by atoms with Crippen LogP contribution in [-0.2, 0) is 10.3 Å². The lowest BCUT2D eigenvalue weighted by Crippen LogP contribution is -2.42. The molecule has 2 aromatic carbocycles. The third-order valence-corrected chi connectivity index (χ3v) is 6.71. The highest BCUT2D eigenvalue weighted by Crippen LogP contribution is 2.47. The zero-order chi connectivity index (χ0) is 24.5. The van der Waals surface area contributed by atoms with E-state index >= 15 is 0 Å². The Labute approximate surface area is 210 Å². The summed E-state index contributed by atoms with van der Waals surface area (Å²) in [5.74, 6) is -0.191. The summed E-state index contributed by atoms with van der Waals surface area (Å²) in [7, 11) is 0. The quantitative estimate of drug-likeness (QED) is 0.470. The van der Waals surface area contributed by atoms with Gasteiger partial charge in [0, 0.05) is 40.4 Å². The maximum Gasteiger partial charge on any atom is 0.241 e. The van der Waals surface area contributed by atoms with E-state index in [-0.39, 0.29) is 30.0 Å². The molecule has 1 amide bonds. The molecular formula is C26H30Cl2N4O2. The van der Waals surface area contributed by atoms with Gasteiger partial charge in [-0.2, -0.15) is 5.10 Å². The molecule has 0 spiro atoms. The Kier molecular flexibility index (Phi) is 7.33. The third-order valence-electron chi connectivity index (χ3n) is 6.24. The topological polar surface area (TPSA) is 70.4 Å². The van der Waals surface area contributed by atoms with Gasteiger partial charge in [-0.25, -0.2) is 0 Å². The van der Waals surface area contributed by atoms with E-state index in [1.54, 1.807) is 18.2 Å². The van der Waals surface area contributed by atoms with Crippen molar-refractivity contribution in [2.75, 3.05) is 18.5 Å². The van der Waals surface area contributed by atoms with E-state index in [0.717, 1.165) is 11.3 Å². The second-order valence-corrected chi connectivity index (χ2v) is 10.5. The average molecular weight is 501 g/mol. The van der Waals surface area contributed by atoms with Crippen LogP contribution < -0.4 is 5.32 Å². The van der Waals surface area contributed by atoms with Gasteiger partial charge in [0.05, 0.1) is 23.9 Å². The van der Waals surface area contributed by atoms with Crippen molar-refractivity contribution in [3.05, 3.63) is 82.1 Å². The van der Waals surface area contributed by atoms with E-state index in [4.69, 9.17) is 28.3 Å². The lowest BCUT2D eigenvalue weighted by molar-refractivity contribution is -0.121. The number of aliphatic hydroxyl groups is 1. The van der Waals surface area contributed by atoms with Crippen LogP contribution in [0.15, 0.2) is 60.8 Å². The number of hydrogen-bond donors (Lipinski definition) is 2. The summed E-state index contributed by atoms with van der Waals surface area (Å²) >= 11 is 12.5. The molecule has 0 bridgehead atoms. The van der Waals surface area contributed by atoms with Gasteiger partial charge in [-0.15, -0.1) is 0 Å². The van der Waals surface area contributed by atoms with Crippen molar-refractivity contribution in [3.63, 3.8) is 0 Å². The van der Waals surface area contributed by atoms with Gasteiger partial charge in [0.25, 0.3) is 0 Å². The van der Waals surface area contributed by atoms with Crippen LogP contribution in [0.25, 0.3) is 0 Å². The van der Waals surface area contributed by atoms with Crippen molar-refractivity contribution in [3.8, 4) is 0 Å². The number of hydrogen-bond acceptors (Lipinski definition) is 4. The molecule has 34 heavy (non-hydrogen) atoms. The van der Waals surface area contributed by atoms with E-state index in [2.05, 4.69) is 31.0 Å². The van der Waals surface area contributed by atoms with Crippen molar-refractivity contribution in [2.24, 2.45) is 0 Å². The largest absolute Gasteiger partial charge is 0.395 e. The monoisotopic (exact) mass is 500 g/mol. The van der Waals surface area contributed by atoms with Crippen LogP contribution in [0.4, 0.5) is 5.69 Å². The Morgan fingerprint density at radius 2 is 1.82 bits per heavy atom. The number of rotatable bonds is 6. The number of amides is 1. The number of aliphatic hydroxyl groups excluding tert-OH is 1. The van der Waals surface area contributed by atoms with E-state index in [1.165, 1.54) is 0 Å². The third kappa shape index (κ3) is 5.31. The molecule has 1 aromatic heterocycles. The average Bonchev–Trinajstić information content (AvgIpc) is 3.39. The number of carbonyl (C=O) groups excluding carboxylic acids is 1. The Balaban J connectivity index is 1.72. The fraction of sp³-hybridized carbons (Fsp3) is 0.385. The number of benzene rings is 2. The maximum atomic E-state index is 13.5. The summed E-state index contributed by atoms with van der Waals surface area (Å²) in [6.07, 6.45) is 2.55. The highest BCUT2D eigenvalue weighted by molar-refractivity contribution is 6.31. The molecule has 1 aliphatic rings. The number of nitrogens with zero attached hydrogens (tertiary/aromatic N) is 3. The van der Waals surface area contributed by atoms with Crippen LogP contribution in [0.3, 0.4) is 0 Å². The zero-order valence-electron chi connectivity index (χ0n) is 19.6. The first-order chi connectivity index (χ1) is 16.2. The molecule has 0 radical (unpaired) electrons. The summed E-state index contributed by atoms with van der Waals surface area (Å²) in [5.41, 5.74) is 2.40. The van der Waals surface area contributed by atoms with Gasteiger partial charge in [0.1, 0.15) is 0 Å². The number of carbonyl (C=O) groups is 1. The summed E-state index contributed by atoms with van der Waals surface area (Å²) in [6.45, 7) is 6.59. The molecule has 3 aromatic rings. The summed E-state index contributed by atoms with van der Waals surface area (Å²) < 4.78 is 1.95. The van der Waals surface area contributed by atoms with Gasteiger partial charge >= 0.3 is 0 Å². The number of aromatic nitrogens is 2. The first-order valence-corrected chi connectivity index (χ1v) is 12.2. The normalized spacial score (nSPS) is 21.1. The van der Waals surface area contributed by atoms with Crippen LogP contribution in [0.5, 0.6) is 0 Å². The van der Waals surface area contributed by atoms with Gasteiger partial charge < -0.3 is 10.4 Å². The number of anilines is 1.